The van der Waals surface area contributed by atoms with Crippen LogP contribution < -0.4 is 0 Å². The van der Waals surface area contributed by atoms with Crippen LogP contribution in [0, 0.1) is 0 Å². The van der Waals surface area contributed by atoms with E-state index in [1.54, 1.807) is 6.20 Å². The largest absolute Gasteiger partial charge is 0.392 e. The Labute approximate surface area is 113 Å². The first-order valence-electron chi connectivity index (χ1n) is 6.91. The molecule has 3 nitrogen and oxygen atoms in total. The van der Waals surface area contributed by atoms with E-state index in [0.717, 1.165) is 36.3 Å². The fourth-order valence-electron chi connectivity index (χ4n) is 2.76. The predicted molar refractivity (Wildman–Crippen MR) is 74.7 cm³/mol. The van der Waals surface area contributed by atoms with Crippen molar-refractivity contribution in [3.05, 3.63) is 48.3 Å². The third-order valence-corrected chi connectivity index (χ3v) is 3.82. The second kappa shape index (κ2) is 5.49. The summed E-state index contributed by atoms with van der Waals surface area (Å²) in [4.78, 5) is 8.98. The summed E-state index contributed by atoms with van der Waals surface area (Å²) in [7, 11) is 0. The van der Waals surface area contributed by atoms with Crippen LogP contribution >= 0.6 is 0 Å². The molecule has 1 aromatic heterocycles. The van der Waals surface area contributed by atoms with Gasteiger partial charge in [-0.05, 0) is 18.9 Å². The fourth-order valence-corrected chi connectivity index (χ4v) is 2.76. The van der Waals surface area contributed by atoms with Crippen molar-refractivity contribution in [2.24, 2.45) is 0 Å². The molecule has 2 aromatic rings. The van der Waals surface area contributed by atoms with Gasteiger partial charge in [0.15, 0.2) is 5.82 Å². The Morgan fingerprint density at radius 2 is 1.79 bits per heavy atom. The maximum atomic E-state index is 10.1. The molecule has 0 saturated heterocycles. The molecule has 1 heterocycles. The van der Waals surface area contributed by atoms with Gasteiger partial charge in [0.2, 0.25) is 0 Å². The normalized spacial score (nSPS) is 23.2. The minimum Gasteiger partial charge on any atom is -0.392 e. The highest BCUT2D eigenvalue weighted by Crippen LogP contribution is 2.32. The molecule has 19 heavy (non-hydrogen) atoms. The van der Waals surface area contributed by atoms with Crippen LogP contribution in [0.4, 0.5) is 0 Å². The van der Waals surface area contributed by atoms with Crippen LogP contribution in [0.5, 0.6) is 0 Å². The highest BCUT2D eigenvalue weighted by molar-refractivity contribution is 5.54. The highest BCUT2D eigenvalue weighted by Gasteiger charge is 2.25. The van der Waals surface area contributed by atoms with Crippen LogP contribution in [-0.4, -0.2) is 21.2 Å². The molecular weight excluding hydrogens is 236 g/mol. The van der Waals surface area contributed by atoms with Crippen molar-refractivity contribution in [1.82, 2.24) is 9.97 Å². The summed E-state index contributed by atoms with van der Waals surface area (Å²) < 4.78 is 0. The molecule has 0 aliphatic heterocycles. The van der Waals surface area contributed by atoms with E-state index < -0.39 is 0 Å². The molecule has 3 heteroatoms. The minimum atomic E-state index is -0.257. The molecule has 1 saturated carbocycles. The van der Waals surface area contributed by atoms with E-state index in [2.05, 4.69) is 9.97 Å². The number of aliphatic hydroxyl groups is 1. The monoisotopic (exact) mass is 254 g/mol. The van der Waals surface area contributed by atoms with Gasteiger partial charge >= 0.3 is 0 Å². The highest BCUT2D eigenvalue weighted by atomic mass is 16.3. The number of benzene rings is 1. The van der Waals surface area contributed by atoms with E-state index >= 15 is 0 Å². The van der Waals surface area contributed by atoms with E-state index in [4.69, 9.17) is 0 Å². The average molecular weight is 254 g/mol. The molecule has 2 unspecified atom stereocenters. The lowest BCUT2D eigenvalue weighted by molar-refractivity contribution is 0.104. The molecule has 0 spiro atoms. The lowest BCUT2D eigenvalue weighted by atomic mass is 9.84. The first kappa shape index (κ1) is 12.3. The lowest BCUT2D eigenvalue weighted by Gasteiger charge is -2.27. The summed E-state index contributed by atoms with van der Waals surface area (Å²) in [5, 5.41) is 10.1. The molecule has 3 rings (SSSR count). The number of hydrogen-bond donors (Lipinski definition) is 1. The Morgan fingerprint density at radius 1 is 1.00 bits per heavy atom. The number of aromatic nitrogens is 2. The van der Waals surface area contributed by atoms with Gasteiger partial charge in [0.05, 0.1) is 11.8 Å². The van der Waals surface area contributed by atoms with Gasteiger partial charge in [0.25, 0.3) is 0 Å². The van der Waals surface area contributed by atoms with Gasteiger partial charge in [-0.25, -0.2) is 9.97 Å². The van der Waals surface area contributed by atoms with Gasteiger partial charge in [-0.3, -0.25) is 0 Å². The second-order valence-corrected chi connectivity index (χ2v) is 5.13. The van der Waals surface area contributed by atoms with Crippen molar-refractivity contribution < 1.29 is 5.11 Å². The summed E-state index contributed by atoms with van der Waals surface area (Å²) in [6.07, 6.45) is 5.74. The Kier molecular flexibility index (Phi) is 3.56. The molecule has 0 radical (unpaired) electrons. The van der Waals surface area contributed by atoms with Crippen LogP contribution in [0.3, 0.4) is 0 Å². The molecule has 98 valence electrons. The zero-order chi connectivity index (χ0) is 13.1. The van der Waals surface area contributed by atoms with E-state index in [1.807, 2.05) is 36.4 Å². The summed E-state index contributed by atoms with van der Waals surface area (Å²) in [5.74, 6) is 0.912. The summed E-state index contributed by atoms with van der Waals surface area (Å²) in [5.41, 5.74) is 2.00. The fraction of sp³-hybridized carbons (Fsp3) is 0.375. The Bertz CT molecular complexity index is 541. The zero-order valence-electron chi connectivity index (χ0n) is 10.9. The quantitative estimate of drug-likeness (QED) is 0.895. The van der Waals surface area contributed by atoms with Crippen LogP contribution in [0.1, 0.15) is 37.3 Å². The molecule has 0 amide bonds. The zero-order valence-corrected chi connectivity index (χ0v) is 10.9. The van der Waals surface area contributed by atoms with Gasteiger partial charge in [-0.1, -0.05) is 43.2 Å². The minimum absolute atomic E-state index is 0.166. The molecule has 2 atom stereocenters. The molecule has 1 N–H and O–H groups in total. The third kappa shape index (κ3) is 2.66. The summed E-state index contributed by atoms with van der Waals surface area (Å²) in [6.45, 7) is 0. The van der Waals surface area contributed by atoms with E-state index in [0.29, 0.717) is 0 Å². The van der Waals surface area contributed by atoms with Crippen LogP contribution in [0.25, 0.3) is 11.4 Å². The first-order chi connectivity index (χ1) is 9.34. The molecular formula is C16H18N2O. The summed E-state index contributed by atoms with van der Waals surface area (Å²) in [6, 6.07) is 11.9. The topological polar surface area (TPSA) is 46.0 Å². The number of nitrogens with zero attached hydrogens (tertiary/aromatic N) is 2. The molecule has 1 aromatic carbocycles. The standard InChI is InChI=1S/C16H18N2O/c19-15-9-5-4-8-13(15)14-10-11-17-16(18-14)12-6-2-1-3-7-12/h1-3,6-7,10-11,13,15,19H,4-5,8-9H2. The maximum Gasteiger partial charge on any atom is 0.159 e. The third-order valence-electron chi connectivity index (χ3n) is 3.82. The van der Waals surface area contributed by atoms with Gasteiger partial charge in [-0.15, -0.1) is 0 Å². The lowest BCUT2D eigenvalue weighted by Crippen LogP contribution is -2.23. The van der Waals surface area contributed by atoms with E-state index in [-0.39, 0.29) is 12.0 Å². The first-order valence-corrected chi connectivity index (χ1v) is 6.91. The molecule has 1 aliphatic carbocycles. The van der Waals surface area contributed by atoms with Crippen LogP contribution in [0.2, 0.25) is 0 Å². The number of hydrogen-bond acceptors (Lipinski definition) is 3. The van der Waals surface area contributed by atoms with Gasteiger partial charge < -0.3 is 5.11 Å². The van der Waals surface area contributed by atoms with Crippen molar-refractivity contribution >= 4 is 0 Å². The van der Waals surface area contributed by atoms with Crippen molar-refractivity contribution in [3.8, 4) is 11.4 Å². The number of rotatable bonds is 2. The van der Waals surface area contributed by atoms with Crippen LogP contribution in [0.15, 0.2) is 42.6 Å². The van der Waals surface area contributed by atoms with Crippen LogP contribution in [-0.2, 0) is 0 Å². The molecule has 1 aliphatic rings. The van der Waals surface area contributed by atoms with E-state index in [1.165, 1.54) is 6.42 Å². The van der Waals surface area contributed by atoms with E-state index in [9.17, 15) is 5.11 Å². The average Bonchev–Trinajstić information content (AvgIpc) is 2.49. The summed E-state index contributed by atoms with van der Waals surface area (Å²) >= 11 is 0. The number of aliphatic hydroxyl groups excluding tert-OH is 1. The van der Waals surface area contributed by atoms with Gasteiger partial charge in [0.1, 0.15) is 0 Å². The van der Waals surface area contributed by atoms with Gasteiger partial charge in [-0.2, -0.15) is 0 Å². The van der Waals surface area contributed by atoms with Crippen molar-refractivity contribution in [2.75, 3.05) is 0 Å². The predicted octanol–water partition coefficient (Wildman–Crippen LogP) is 3.16. The van der Waals surface area contributed by atoms with Crippen molar-refractivity contribution in [1.29, 1.82) is 0 Å². The van der Waals surface area contributed by atoms with Gasteiger partial charge in [0, 0.05) is 17.7 Å². The van der Waals surface area contributed by atoms with Crippen molar-refractivity contribution in [3.63, 3.8) is 0 Å². The van der Waals surface area contributed by atoms with Crippen molar-refractivity contribution in [2.45, 2.75) is 37.7 Å². The second-order valence-electron chi connectivity index (χ2n) is 5.13. The Hall–Kier alpha value is -1.74. The Balaban J connectivity index is 1.91. The Morgan fingerprint density at radius 3 is 2.58 bits per heavy atom. The SMILES string of the molecule is OC1CCCCC1c1ccnc(-c2ccccc2)n1. The smallest absolute Gasteiger partial charge is 0.159 e. The molecule has 0 bridgehead atoms. The maximum absolute atomic E-state index is 10.1. The molecule has 1 fully saturated rings.